The molecular weight excluding hydrogens is 311 g/mol. The van der Waals surface area contributed by atoms with Crippen LogP contribution in [0, 0.1) is 26.6 Å². The van der Waals surface area contributed by atoms with Crippen LogP contribution in [-0.2, 0) is 0 Å². The van der Waals surface area contributed by atoms with Crippen molar-refractivity contribution in [3.8, 4) is 11.4 Å². The SMILES string of the molecule is Cc1cnc2c(c1)c(C(N)=O)c(N)n2-c1c(C)c(O)cc(F)c1C. The lowest BCUT2D eigenvalue weighted by atomic mass is 10.1. The molecule has 0 unspecified atom stereocenters. The number of carbonyl (C=O) groups is 1. The molecule has 0 fully saturated rings. The first-order valence-corrected chi connectivity index (χ1v) is 7.29. The van der Waals surface area contributed by atoms with Crippen molar-refractivity contribution in [1.29, 1.82) is 0 Å². The van der Waals surface area contributed by atoms with Gasteiger partial charge in [0.1, 0.15) is 23.0 Å². The Morgan fingerprint density at radius 3 is 2.54 bits per heavy atom. The maximum atomic E-state index is 14.1. The molecule has 0 radical (unpaired) electrons. The molecule has 3 aromatic rings. The van der Waals surface area contributed by atoms with Gasteiger partial charge in [0.15, 0.2) is 0 Å². The summed E-state index contributed by atoms with van der Waals surface area (Å²) in [5.41, 5.74) is 14.0. The topological polar surface area (TPSA) is 107 Å². The number of halogens is 1. The van der Waals surface area contributed by atoms with Crippen LogP contribution in [0.15, 0.2) is 18.3 Å². The number of nitrogen functional groups attached to an aromatic ring is 1. The summed E-state index contributed by atoms with van der Waals surface area (Å²) in [6, 6.07) is 2.79. The molecule has 0 bridgehead atoms. The van der Waals surface area contributed by atoms with Crippen LogP contribution < -0.4 is 11.5 Å². The van der Waals surface area contributed by atoms with Gasteiger partial charge >= 0.3 is 0 Å². The zero-order valence-electron chi connectivity index (χ0n) is 13.5. The highest BCUT2D eigenvalue weighted by Gasteiger charge is 2.24. The highest BCUT2D eigenvalue weighted by atomic mass is 19.1. The third kappa shape index (κ3) is 2.09. The van der Waals surface area contributed by atoms with Crippen LogP contribution in [-0.4, -0.2) is 20.6 Å². The predicted molar refractivity (Wildman–Crippen MR) is 89.8 cm³/mol. The Bertz CT molecular complexity index is 982. The van der Waals surface area contributed by atoms with Gasteiger partial charge in [0.25, 0.3) is 5.91 Å². The molecule has 0 atom stereocenters. The standard InChI is InChI=1S/C17H17FN4O2/c1-7-4-10-13(16(20)24)15(19)22(17(10)21-6-7)14-8(2)11(18)5-12(23)9(14)3/h4-6,23H,19H2,1-3H3,(H2,20,24). The van der Waals surface area contributed by atoms with E-state index >= 15 is 0 Å². The third-order valence-corrected chi connectivity index (χ3v) is 4.17. The molecule has 24 heavy (non-hydrogen) atoms. The zero-order chi connectivity index (χ0) is 17.8. The molecule has 0 aliphatic carbocycles. The Hall–Kier alpha value is -3.09. The van der Waals surface area contributed by atoms with E-state index in [0.717, 1.165) is 11.6 Å². The molecule has 1 amide bonds. The van der Waals surface area contributed by atoms with Crippen molar-refractivity contribution in [3.63, 3.8) is 0 Å². The summed E-state index contributed by atoms with van der Waals surface area (Å²) in [4.78, 5) is 16.2. The fourth-order valence-electron chi connectivity index (χ4n) is 2.96. The van der Waals surface area contributed by atoms with E-state index in [1.54, 1.807) is 26.1 Å². The Morgan fingerprint density at radius 2 is 1.92 bits per heavy atom. The van der Waals surface area contributed by atoms with Crippen molar-refractivity contribution in [2.24, 2.45) is 5.73 Å². The first-order chi connectivity index (χ1) is 11.2. The quantitative estimate of drug-likeness (QED) is 0.671. The number of primary amides is 1. The number of aromatic nitrogens is 2. The van der Waals surface area contributed by atoms with Gasteiger partial charge < -0.3 is 16.6 Å². The molecule has 5 N–H and O–H groups in total. The van der Waals surface area contributed by atoms with Crippen LogP contribution in [0.25, 0.3) is 16.7 Å². The van der Waals surface area contributed by atoms with Crippen LogP contribution >= 0.6 is 0 Å². The molecule has 0 aliphatic rings. The molecular formula is C17H17FN4O2. The number of anilines is 1. The lowest BCUT2D eigenvalue weighted by Gasteiger charge is -2.16. The highest BCUT2D eigenvalue weighted by molar-refractivity contribution is 6.11. The summed E-state index contributed by atoms with van der Waals surface area (Å²) in [6.07, 6.45) is 1.62. The average molecular weight is 328 g/mol. The number of rotatable bonds is 2. The van der Waals surface area contributed by atoms with Gasteiger partial charge in [-0.1, -0.05) is 0 Å². The van der Waals surface area contributed by atoms with Crippen molar-refractivity contribution in [2.75, 3.05) is 5.73 Å². The maximum absolute atomic E-state index is 14.1. The number of fused-ring (bicyclic) bond motifs is 1. The van der Waals surface area contributed by atoms with E-state index < -0.39 is 11.7 Å². The minimum absolute atomic E-state index is 0.0619. The molecule has 3 rings (SSSR count). The Labute approximate surface area is 137 Å². The van der Waals surface area contributed by atoms with Crippen molar-refractivity contribution >= 4 is 22.8 Å². The summed E-state index contributed by atoms with van der Waals surface area (Å²) in [5, 5.41) is 10.5. The normalized spacial score (nSPS) is 11.2. The van der Waals surface area contributed by atoms with Gasteiger partial charge in [0.05, 0.1) is 11.3 Å². The molecule has 0 spiro atoms. The molecule has 1 aromatic carbocycles. The van der Waals surface area contributed by atoms with E-state index in [1.165, 1.54) is 4.57 Å². The average Bonchev–Trinajstić information content (AvgIpc) is 2.77. The van der Waals surface area contributed by atoms with Crippen LogP contribution in [0.3, 0.4) is 0 Å². The van der Waals surface area contributed by atoms with Gasteiger partial charge in [-0.25, -0.2) is 9.37 Å². The lowest BCUT2D eigenvalue weighted by Crippen LogP contribution is -2.14. The number of aryl methyl sites for hydroxylation is 1. The van der Waals surface area contributed by atoms with Gasteiger partial charge in [0, 0.05) is 28.8 Å². The smallest absolute Gasteiger partial charge is 0.253 e. The number of benzene rings is 1. The van der Waals surface area contributed by atoms with E-state index in [4.69, 9.17) is 11.5 Å². The number of phenolic OH excluding ortho intramolecular Hbond substituents is 1. The number of nitrogens with two attached hydrogens (primary N) is 2. The van der Waals surface area contributed by atoms with E-state index in [0.29, 0.717) is 22.3 Å². The van der Waals surface area contributed by atoms with Gasteiger partial charge in [0.2, 0.25) is 0 Å². The molecule has 6 nitrogen and oxygen atoms in total. The predicted octanol–water partition coefficient (Wildman–Crippen LogP) is 2.48. The Balaban J connectivity index is 2.54. The van der Waals surface area contributed by atoms with Gasteiger partial charge in [-0.15, -0.1) is 0 Å². The number of hydrogen-bond acceptors (Lipinski definition) is 4. The largest absolute Gasteiger partial charge is 0.507 e. The summed E-state index contributed by atoms with van der Waals surface area (Å²) < 4.78 is 15.6. The van der Waals surface area contributed by atoms with Crippen LogP contribution in [0.2, 0.25) is 0 Å². The second-order valence-corrected chi connectivity index (χ2v) is 5.82. The lowest BCUT2D eigenvalue weighted by molar-refractivity contribution is 0.100. The molecule has 7 heteroatoms. The first kappa shape index (κ1) is 15.8. The molecule has 2 aromatic heterocycles. The monoisotopic (exact) mass is 328 g/mol. The fraction of sp³-hybridized carbons (Fsp3) is 0.176. The number of carbonyl (C=O) groups excluding carboxylic acids is 1. The van der Waals surface area contributed by atoms with E-state index in [2.05, 4.69) is 4.98 Å². The minimum Gasteiger partial charge on any atom is -0.507 e. The van der Waals surface area contributed by atoms with Crippen LogP contribution in [0.5, 0.6) is 5.75 Å². The Kier molecular flexibility index (Phi) is 3.44. The third-order valence-electron chi connectivity index (χ3n) is 4.17. The number of hydrogen-bond donors (Lipinski definition) is 3. The fourth-order valence-corrected chi connectivity index (χ4v) is 2.96. The van der Waals surface area contributed by atoms with E-state index in [-0.39, 0.29) is 22.7 Å². The second-order valence-electron chi connectivity index (χ2n) is 5.82. The summed E-state index contributed by atoms with van der Waals surface area (Å²) >= 11 is 0. The van der Waals surface area contributed by atoms with Crippen LogP contribution in [0.1, 0.15) is 27.0 Å². The molecule has 2 heterocycles. The van der Waals surface area contributed by atoms with E-state index in [1.807, 2.05) is 6.92 Å². The summed E-state index contributed by atoms with van der Waals surface area (Å²) in [5.74, 6) is -1.42. The second kappa shape index (κ2) is 5.23. The van der Waals surface area contributed by atoms with Crippen LogP contribution in [0.4, 0.5) is 10.2 Å². The minimum atomic E-state index is -0.695. The number of aromatic hydroxyl groups is 1. The summed E-state index contributed by atoms with van der Waals surface area (Å²) in [7, 11) is 0. The van der Waals surface area contributed by atoms with Gasteiger partial charge in [-0.2, -0.15) is 0 Å². The van der Waals surface area contributed by atoms with E-state index in [9.17, 15) is 14.3 Å². The first-order valence-electron chi connectivity index (χ1n) is 7.29. The molecule has 0 aliphatic heterocycles. The van der Waals surface area contributed by atoms with Crippen molar-refractivity contribution in [2.45, 2.75) is 20.8 Å². The van der Waals surface area contributed by atoms with Gasteiger partial charge in [-0.3, -0.25) is 9.36 Å². The molecule has 0 saturated carbocycles. The Morgan fingerprint density at radius 1 is 1.25 bits per heavy atom. The number of nitrogens with zero attached hydrogens (tertiary/aromatic N) is 2. The highest BCUT2D eigenvalue weighted by Crippen LogP contribution is 2.36. The van der Waals surface area contributed by atoms with Crippen molar-refractivity contribution in [3.05, 3.63) is 46.4 Å². The van der Waals surface area contributed by atoms with Crippen molar-refractivity contribution < 1.29 is 14.3 Å². The summed E-state index contributed by atoms with van der Waals surface area (Å²) in [6.45, 7) is 5.04. The number of phenols is 1. The number of amides is 1. The molecule has 0 saturated heterocycles. The van der Waals surface area contributed by atoms with Crippen molar-refractivity contribution in [1.82, 2.24) is 9.55 Å². The number of pyridine rings is 1. The maximum Gasteiger partial charge on any atom is 0.253 e. The zero-order valence-corrected chi connectivity index (χ0v) is 13.5. The van der Waals surface area contributed by atoms with Gasteiger partial charge in [-0.05, 0) is 32.4 Å². The molecule has 124 valence electrons.